The molecule has 1 aromatic carbocycles. The zero-order valence-electron chi connectivity index (χ0n) is 12.7. The number of benzene rings is 1. The SMILES string of the molecule is CCNCc1sc(C2(OC)CCC2)nc1-c1ccccc1. The fourth-order valence-electron chi connectivity index (χ4n) is 2.73. The third kappa shape index (κ3) is 2.76. The summed E-state index contributed by atoms with van der Waals surface area (Å²) < 4.78 is 5.80. The summed E-state index contributed by atoms with van der Waals surface area (Å²) in [6, 6.07) is 10.5. The van der Waals surface area contributed by atoms with Crippen LogP contribution in [-0.2, 0) is 16.9 Å². The van der Waals surface area contributed by atoms with Gasteiger partial charge in [-0.15, -0.1) is 11.3 Å². The van der Waals surface area contributed by atoms with Gasteiger partial charge in [-0.1, -0.05) is 37.3 Å². The van der Waals surface area contributed by atoms with Crippen LogP contribution in [0.1, 0.15) is 36.1 Å². The molecule has 0 spiro atoms. The number of thiazole rings is 1. The number of rotatable bonds is 6. The molecule has 1 aliphatic carbocycles. The first-order valence-corrected chi connectivity index (χ1v) is 8.42. The minimum atomic E-state index is -0.126. The van der Waals surface area contributed by atoms with E-state index in [9.17, 15) is 0 Å². The quantitative estimate of drug-likeness (QED) is 0.877. The van der Waals surface area contributed by atoms with Crippen molar-refractivity contribution in [3.8, 4) is 11.3 Å². The smallest absolute Gasteiger partial charge is 0.126 e. The molecule has 1 fully saturated rings. The van der Waals surface area contributed by atoms with Crippen LogP contribution in [0, 0.1) is 0 Å². The lowest BCUT2D eigenvalue weighted by Gasteiger charge is -2.38. The van der Waals surface area contributed by atoms with Crippen molar-refractivity contribution in [2.45, 2.75) is 38.3 Å². The van der Waals surface area contributed by atoms with Gasteiger partial charge in [0.1, 0.15) is 10.6 Å². The molecule has 0 bridgehead atoms. The maximum atomic E-state index is 5.80. The van der Waals surface area contributed by atoms with Crippen molar-refractivity contribution in [2.24, 2.45) is 0 Å². The summed E-state index contributed by atoms with van der Waals surface area (Å²) in [5, 5.41) is 4.56. The average molecular weight is 302 g/mol. The second-order valence-electron chi connectivity index (χ2n) is 5.49. The molecule has 0 saturated heterocycles. The Morgan fingerprint density at radius 2 is 2.05 bits per heavy atom. The van der Waals surface area contributed by atoms with Crippen LogP contribution in [-0.4, -0.2) is 18.6 Å². The highest BCUT2D eigenvalue weighted by molar-refractivity contribution is 7.12. The first kappa shape index (κ1) is 14.7. The molecule has 21 heavy (non-hydrogen) atoms. The van der Waals surface area contributed by atoms with E-state index in [1.807, 2.05) is 13.2 Å². The summed E-state index contributed by atoms with van der Waals surface area (Å²) in [6.45, 7) is 3.97. The van der Waals surface area contributed by atoms with E-state index in [4.69, 9.17) is 9.72 Å². The van der Waals surface area contributed by atoms with Crippen LogP contribution >= 0.6 is 11.3 Å². The predicted octanol–water partition coefficient (Wildman–Crippen LogP) is 3.95. The number of nitrogens with one attached hydrogen (secondary N) is 1. The topological polar surface area (TPSA) is 34.1 Å². The molecule has 1 saturated carbocycles. The second-order valence-corrected chi connectivity index (χ2v) is 6.57. The van der Waals surface area contributed by atoms with E-state index < -0.39 is 0 Å². The van der Waals surface area contributed by atoms with Gasteiger partial charge in [0.2, 0.25) is 0 Å². The van der Waals surface area contributed by atoms with Crippen LogP contribution in [0.15, 0.2) is 30.3 Å². The predicted molar refractivity (Wildman–Crippen MR) is 87.5 cm³/mol. The van der Waals surface area contributed by atoms with Crippen LogP contribution in [0.3, 0.4) is 0 Å². The molecule has 4 heteroatoms. The fraction of sp³-hybridized carbons (Fsp3) is 0.471. The van der Waals surface area contributed by atoms with Gasteiger partial charge in [0.25, 0.3) is 0 Å². The van der Waals surface area contributed by atoms with Crippen molar-refractivity contribution < 1.29 is 4.74 Å². The first-order valence-electron chi connectivity index (χ1n) is 7.60. The Balaban J connectivity index is 1.99. The molecule has 3 rings (SSSR count). The fourth-order valence-corrected chi connectivity index (χ4v) is 4.01. The molecular weight excluding hydrogens is 280 g/mol. The summed E-state index contributed by atoms with van der Waals surface area (Å²) >= 11 is 1.80. The zero-order valence-corrected chi connectivity index (χ0v) is 13.5. The summed E-state index contributed by atoms with van der Waals surface area (Å²) in [7, 11) is 1.81. The van der Waals surface area contributed by atoms with E-state index in [1.165, 1.54) is 16.9 Å². The van der Waals surface area contributed by atoms with Gasteiger partial charge >= 0.3 is 0 Å². The molecule has 1 heterocycles. The normalized spacial score (nSPS) is 16.7. The molecule has 1 aliphatic rings. The molecule has 112 valence electrons. The number of hydrogen-bond donors (Lipinski definition) is 1. The highest BCUT2D eigenvalue weighted by Gasteiger charge is 2.42. The summed E-state index contributed by atoms with van der Waals surface area (Å²) in [5.41, 5.74) is 2.18. The Morgan fingerprint density at radius 1 is 1.29 bits per heavy atom. The van der Waals surface area contributed by atoms with Crippen LogP contribution in [0.5, 0.6) is 0 Å². The number of methoxy groups -OCH3 is 1. The Morgan fingerprint density at radius 3 is 2.62 bits per heavy atom. The Kier molecular flexibility index (Phi) is 4.38. The van der Waals surface area contributed by atoms with Crippen molar-refractivity contribution in [1.82, 2.24) is 10.3 Å². The standard InChI is InChI=1S/C17H22N2OS/c1-3-18-12-14-15(13-8-5-4-6-9-13)19-16(21-14)17(20-2)10-7-11-17/h4-6,8-9,18H,3,7,10-12H2,1-2H3. The lowest BCUT2D eigenvalue weighted by molar-refractivity contribution is -0.0778. The largest absolute Gasteiger partial charge is 0.371 e. The van der Waals surface area contributed by atoms with E-state index in [0.29, 0.717) is 0 Å². The van der Waals surface area contributed by atoms with Crippen molar-refractivity contribution in [1.29, 1.82) is 0 Å². The molecule has 2 aromatic rings. The van der Waals surface area contributed by atoms with Crippen molar-refractivity contribution in [3.05, 3.63) is 40.2 Å². The molecule has 0 unspecified atom stereocenters. The minimum Gasteiger partial charge on any atom is -0.371 e. The molecular formula is C17H22N2OS. The number of aromatic nitrogens is 1. The van der Waals surface area contributed by atoms with E-state index >= 15 is 0 Å². The molecule has 3 nitrogen and oxygen atoms in total. The van der Waals surface area contributed by atoms with Crippen LogP contribution in [0.4, 0.5) is 0 Å². The average Bonchev–Trinajstić information content (AvgIpc) is 2.90. The van der Waals surface area contributed by atoms with E-state index in [0.717, 1.165) is 36.6 Å². The summed E-state index contributed by atoms with van der Waals surface area (Å²) in [4.78, 5) is 6.26. The van der Waals surface area contributed by atoms with Gasteiger partial charge in [-0.05, 0) is 25.8 Å². The Labute approximate surface area is 130 Å². The van der Waals surface area contributed by atoms with Crippen LogP contribution in [0.25, 0.3) is 11.3 Å². The van der Waals surface area contributed by atoms with Crippen molar-refractivity contribution in [3.63, 3.8) is 0 Å². The van der Waals surface area contributed by atoms with Gasteiger partial charge in [-0.2, -0.15) is 0 Å². The molecule has 1 N–H and O–H groups in total. The monoisotopic (exact) mass is 302 g/mol. The minimum absolute atomic E-state index is 0.126. The third-order valence-electron chi connectivity index (χ3n) is 4.22. The van der Waals surface area contributed by atoms with Gasteiger partial charge in [0, 0.05) is 24.1 Å². The number of hydrogen-bond acceptors (Lipinski definition) is 4. The highest BCUT2D eigenvalue weighted by atomic mass is 32.1. The molecule has 0 atom stereocenters. The lowest BCUT2D eigenvalue weighted by atomic mass is 9.80. The van der Waals surface area contributed by atoms with Crippen molar-refractivity contribution in [2.75, 3.05) is 13.7 Å². The molecule has 0 radical (unpaired) electrons. The zero-order chi connectivity index (χ0) is 14.7. The lowest BCUT2D eigenvalue weighted by Crippen LogP contribution is -2.35. The third-order valence-corrected chi connectivity index (χ3v) is 5.46. The van der Waals surface area contributed by atoms with E-state index in [-0.39, 0.29) is 5.60 Å². The maximum absolute atomic E-state index is 5.80. The highest BCUT2D eigenvalue weighted by Crippen LogP contribution is 2.47. The van der Waals surface area contributed by atoms with Gasteiger partial charge in [-0.25, -0.2) is 4.98 Å². The van der Waals surface area contributed by atoms with E-state index in [1.54, 1.807) is 11.3 Å². The first-order chi connectivity index (χ1) is 10.3. The number of nitrogens with zero attached hydrogens (tertiary/aromatic N) is 1. The Hall–Kier alpha value is -1.23. The second kappa shape index (κ2) is 6.26. The van der Waals surface area contributed by atoms with Crippen LogP contribution in [0.2, 0.25) is 0 Å². The van der Waals surface area contributed by atoms with Gasteiger partial charge in [-0.3, -0.25) is 0 Å². The molecule has 0 aliphatic heterocycles. The maximum Gasteiger partial charge on any atom is 0.126 e. The van der Waals surface area contributed by atoms with Gasteiger partial charge < -0.3 is 10.1 Å². The van der Waals surface area contributed by atoms with Gasteiger partial charge in [0.15, 0.2) is 0 Å². The summed E-state index contributed by atoms with van der Waals surface area (Å²) in [5.74, 6) is 0. The Bertz CT molecular complexity index is 585. The summed E-state index contributed by atoms with van der Waals surface area (Å²) in [6.07, 6.45) is 3.41. The molecule has 0 amide bonds. The van der Waals surface area contributed by atoms with Crippen LogP contribution < -0.4 is 5.32 Å². The van der Waals surface area contributed by atoms with Gasteiger partial charge in [0.05, 0.1) is 5.69 Å². The number of ether oxygens (including phenoxy) is 1. The van der Waals surface area contributed by atoms with Crippen molar-refractivity contribution >= 4 is 11.3 Å². The molecule has 1 aromatic heterocycles. The van der Waals surface area contributed by atoms with E-state index in [2.05, 4.69) is 36.5 Å².